The highest BCUT2D eigenvalue weighted by atomic mass is 32.2. The zero-order valence-corrected chi connectivity index (χ0v) is 10.5. The third-order valence-corrected chi connectivity index (χ3v) is 3.51. The Balaban J connectivity index is 3.76. The van der Waals surface area contributed by atoms with Crippen molar-refractivity contribution in [2.24, 2.45) is 0 Å². The summed E-state index contributed by atoms with van der Waals surface area (Å²) in [7, 11) is 0. The molecule has 1 atom stereocenters. The van der Waals surface area contributed by atoms with Crippen molar-refractivity contribution in [3.63, 3.8) is 0 Å². The molecule has 0 bridgehead atoms. The van der Waals surface area contributed by atoms with E-state index in [1.54, 1.807) is 0 Å². The number of amides is 1. The molecule has 17 heavy (non-hydrogen) atoms. The molecule has 0 aromatic carbocycles. The van der Waals surface area contributed by atoms with E-state index in [0.717, 1.165) is 11.8 Å². The number of hydrogen-bond donors (Lipinski definition) is 2. The molecule has 0 rings (SSSR count). The van der Waals surface area contributed by atoms with Gasteiger partial charge >= 0.3 is 11.5 Å². The van der Waals surface area contributed by atoms with Crippen molar-refractivity contribution in [2.75, 3.05) is 17.3 Å². The maximum absolute atomic E-state index is 11.7. The van der Waals surface area contributed by atoms with Gasteiger partial charge in [-0.15, -0.1) is 0 Å². The lowest BCUT2D eigenvalue weighted by molar-refractivity contribution is -0.140. The fraction of sp³-hybridized carbons (Fsp3) is 0.750. The molecule has 0 fully saturated rings. The first-order chi connectivity index (χ1) is 7.72. The molecule has 100 valence electrons. The number of halogens is 3. The molecule has 0 radical (unpaired) electrons. The van der Waals surface area contributed by atoms with E-state index in [1.807, 2.05) is 0 Å². The molecule has 1 amide bonds. The fourth-order valence-electron chi connectivity index (χ4n) is 0.838. The minimum absolute atomic E-state index is 0.0489. The Morgan fingerprint density at radius 3 is 2.35 bits per heavy atom. The van der Waals surface area contributed by atoms with E-state index in [2.05, 4.69) is 5.32 Å². The maximum Gasteiger partial charge on any atom is 0.441 e. The molecule has 0 heterocycles. The van der Waals surface area contributed by atoms with Gasteiger partial charge in [-0.2, -0.15) is 24.9 Å². The summed E-state index contributed by atoms with van der Waals surface area (Å²) in [5.41, 5.74) is -4.26. The Morgan fingerprint density at radius 1 is 1.35 bits per heavy atom. The summed E-state index contributed by atoms with van der Waals surface area (Å²) in [6.07, 6.45) is 0. The molecular formula is C8H12F3NO3S2. The van der Waals surface area contributed by atoms with Crippen LogP contribution in [0.15, 0.2) is 0 Å². The highest BCUT2D eigenvalue weighted by Crippen LogP contribution is 2.30. The van der Waals surface area contributed by atoms with Crippen molar-refractivity contribution < 1.29 is 27.9 Å². The normalized spacial score (nSPS) is 13.2. The zero-order valence-electron chi connectivity index (χ0n) is 8.91. The summed E-state index contributed by atoms with van der Waals surface area (Å²) < 4.78 is 35.2. The van der Waals surface area contributed by atoms with Gasteiger partial charge in [0, 0.05) is 24.2 Å². The summed E-state index contributed by atoms with van der Waals surface area (Å²) in [4.78, 5) is 21.3. The average Bonchev–Trinajstić information content (AvgIpc) is 2.12. The van der Waals surface area contributed by atoms with Crippen LogP contribution in [0.5, 0.6) is 0 Å². The second-order valence-electron chi connectivity index (χ2n) is 2.96. The van der Waals surface area contributed by atoms with Gasteiger partial charge in [-0.1, -0.05) is 11.8 Å². The van der Waals surface area contributed by atoms with Crippen LogP contribution in [0.25, 0.3) is 0 Å². The summed E-state index contributed by atoms with van der Waals surface area (Å²) >= 11 is 0.908. The van der Waals surface area contributed by atoms with Crippen molar-refractivity contribution in [1.29, 1.82) is 0 Å². The van der Waals surface area contributed by atoms with E-state index in [4.69, 9.17) is 5.11 Å². The first-order valence-electron chi connectivity index (χ1n) is 4.50. The average molecular weight is 291 g/mol. The van der Waals surface area contributed by atoms with Gasteiger partial charge in [0.15, 0.2) is 0 Å². The van der Waals surface area contributed by atoms with Crippen LogP contribution in [0.1, 0.15) is 6.92 Å². The van der Waals surface area contributed by atoms with Gasteiger partial charge in [-0.25, -0.2) is 4.79 Å². The van der Waals surface area contributed by atoms with Crippen molar-refractivity contribution >= 4 is 35.4 Å². The Morgan fingerprint density at radius 2 is 1.94 bits per heavy atom. The molecule has 0 aliphatic heterocycles. The largest absolute Gasteiger partial charge is 0.480 e. The first-order valence-corrected chi connectivity index (χ1v) is 6.64. The lowest BCUT2D eigenvalue weighted by atomic mass is 10.3. The molecule has 4 nitrogen and oxygen atoms in total. The van der Waals surface area contributed by atoms with Crippen molar-refractivity contribution in [3.8, 4) is 0 Å². The maximum atomic E-state index is 11.7. The molecule has 0 aromatic rings. The highest BCUT2D eigenvalue weighted by molar-refractivity contribution is 8.03. The van der Waals surface area contributed by atoms with Gasteiger partial charge in [0.25, 0.3) is 0 Å². The Bertz CT molecular complexity index is 273. The number of carbonyl (C=O) groups is 2. The number of carbonyl (C=O) groups excluding carboxylic acids is 1. The topological polar surface area (TPSA) is 66.4 Å². The van der Waals surface area contributed by atoms with E-state index < -0.39 is 23.4 Å². The predicted molar refractivity (Wildman–Crippen MR) is 61.1 cm³/mol. The van der Waals surface area contributed by atoms with Crippen LogP contribution in [0, 0.1) is 0 Å². The van der Waals surface area contributed by atoms with Gasteiger partial charge in [-0.3, -0.25) is 4.79 Å². The summed E-state index contributed by atoms with van der Waals surface area (Å²) in [6, 6.07) is -1.06. The van der Waals surface area contributed by atoms with E-state index >= 15 is 0 Å². The van der Waals surface area contributed by atoms with E-state index in [1.165, 1.54) is 6.92 Å². The van der Waals surface area contributed by atoms with Gasteiger partial charge in [0.2, 0.25) is 5.91 Å². The molecule has 9 heteroatoms. The van der Waals surface area contributed by atoms with Crippen molar-refractivity contribution in [1.82, 2.24) is 5.32 Å². The molecule has 0 spiro atoms. The van der Waals surface area contributed by atoms with E-state index in [0.29, 0.717) is 0 Å². The quantitative estimate of drug-likeness (QED) is 0.697. The van der Waals surface area contributed by atoms with Crippen LogP contribution in [0.3, 0.4) is 0 Å². The molecule has 0 aromatic heterocycles. The summed E-state index contributed by atoms with van der Waals surface area (Å²) in [6.45, 7) is 1.18. The van der Waals surface area contributed by atoms with Crippen LogP contribution < -0.4 is 5.32 Å². The molecule has 2 N–H and O–H groups in total. The lowest BCUT2D eigenvalue weighted by Crippen LogP contribution is -2.41. The molecule has 0 aliphatic carbocycles. The zero-order chi connectivity index (χ0) is 13.5. The minimum Gasteiger partial charge on any atom is -0.480 e. The molecule has 0 aliphatic rings. The summed E-state index contributed by atoms with van der Waals surface area (Å²) in [5.74, 6) is -1.60. The number of alkyl halides is 3. The van der Waals surface area contributed by atoms with Crippen molar-refractivity contribution in [3.05, 3.63) is 0 Å². The van der Waals surface area contributed by atoms with Crippen LogP contribution in [-0.2, 0) is 9.59 Å². The third-order valence-electron chi connectivity index (χ3n) is 1.45. The number of carboxylic acids is 1. The number of carboxylic acid groups (broad SMARTS) is 1. The van der Waals surface area contributed by atoms with Crippen molar-refractivity contribution in [2.45, 2.75) is 18.5 Å². The number of thioether (sulfide) groups is 2. The Kier molecular flexibility index (Phi) is 7.44. The molecule has 0 saturated heterocycles. The fourth-order valence-corrected chi connectivity index (χ4v) is 2.50. The van der Waals surface area contributed by atoms with Gasteiger partial charge < -0.3 is 10.4 Å². The minimum atomic E-state index is -4.26. The van der Waals surface area contributed by atoms with E-state index in [-0.39, 0.29) is 29.0 Å². The standard InChI is InChI=1S/C8H12F3NO3S2/c1-5(13)12-6(7(14)15)4-16-2-3-17-8(9,10)11/h6H,2-4H2,1H3,(H,12,13)(H,14,15)/t6-/m0/s1. The van der Waals surface area contributed by atoms with Gasteiger partial charge in [0.05, 0.1) is 0 Å². The predicted octanol–water partition coefficient (Wildman–Crippen LogP) is 1.56. The third kappa shape index (κ3) is 10.3. The SMILES string of the molecule is CC(=O)N[C@@H](CSCCSC(F)(F)F)C(=O)O. The number of aliphatic carboxylic acids is 1. The van der Waals surface area contributed by atoms with Gasteiger partial charge in [-0.05, 0) is 0 Å². The smallest absolute Gasteiger partial charge is 0.441 e. The first kappa shape index (κ1) is 16.4. The number of nitrogens with one attached hydrogen (secondary N) is 1. The second kappa shape index (κ2) is 7.70. The van der Waals surface area contributed by atoms with Crippen LogP contribution in [0.2, 0.25) is 0 Å². The Hall–Kier alpha value is -0.570. The van der Waals surface area contributed by atoms with Crippen LogP contribution in [0.4, 0.5) is 13.2 Å². The Labute approximate surface area is 105 Å². The molecule has 0 unspecified atom stereocenters. The molecule has 0 saturated carbocycles. The molecular weight excluding hydrogens is 279 g/mol. The number of hydrogen-bond acceptors (Lipinski definition) is 4. The monoisotopic (exact) mass is 291 g/mol. The summed E-state index contributed by atoms with van der Waals surface area (Å²) in [5, 5.41) is 10.9. The van der Waals surface area contributed by atoms with Gasteiger partial charge in [0.1, 0.15) is 6.04 Å². The number of rotatable bonds is 7. The van der Waals surface area contributed by atoms with Crippen LogP contribution in [-0.4, -0.2) is 45.8 Å². The van der Waals surface area contributed by atoms with Crippen LogP contribution >= 0.6 is 23.5 Å². The highest BCUT2D eigenvalue weighted by Gasteiger charge is 2.27. The van der Waals surface area contributed by atoms with E-state index in [9.17, 15) is 22.8 Å². The lowest BCUT2D eigenvalue weighted by Gasteiger charge is -2.12. The second-order valence-corrected chi connectivity index (χ2v) is 5.27.